The molecular weight excluding hydrogens is 296 g/mol. The summed E-state index contributed by atoms with van der Waals surface area (Å²) in [5.74, 6) is 3.28. The van der Waals surface area contributed by atoms with Crippen LogP contribution >= 0.6 is 0 Å². The monoisotopic (exact) mass is 332 g/mol. The van der Waals surface area contributed by atoms with Crippen molar-refractivity contribution in [3.63, 3.8) is 0 Å². The minimum Gasteiger partial charge on any atom is -0.395 e. The van der Waals surface area contributed by atoms with Crippen molar-refractivity contribution < 1.29 is 10.2 Å². The Kier molecular flexibility index (Phi) is 4.36. The van der Waals surface area contributed by atoms with E-state index in [1.165, 1.54) is 50.5 Å². The van der Waals surface area contributed by atoms with E-state index in [0.29, 0.717) is 17.9 Å². The molecule has 2 N–H and O–H groups in total. The van der Waals surface area contributed by atoms with Crippen LogP contribution in [-0.2, 0) is 0 Å². The summed E-state index contributed by atoms with van der Waals surface area (Å²) >= 11 is 0. The van der Waals surface area contributed by atoms with Gasteiger partial charge in [-0.15, -0.1) is 0 Å². The molecule has 7 atom stereocenters. The molecule has 4 aliphatic carbocycles. The molecule has 4 rings (SSSR count). The Balaban J connectivity index is 1.64. The predicted molar refractivity (Wildman–Crippen MR) is 97.5 cm³/mol. The molecule has 0 aromatic heterocycles. The van der Waals surface area contributed by atoms with Gasteiger partial charge >= 0.3 is 0 Å². The van der Waals surface area contributed by atoms with E-state index in [1.54, 1.807) is 0 Å². The van der Waals surface area contributed by atoms with Crippen molar-refractivity contribution in [3.05, 3.63) is 11.6 Å². The fourth-order valence-electron chi connectivity index (χ4n) is 7.73. The van der Waals surface area contributed by atoms with Gasteiger partial charge in [0.25, 0.3) is 0 Å². The lowest BCUT2D eigenvalue weighted by atomic mass is 9.46. The van der Waals surface area contributed by atoms with E-state index in [1.807, 2.05) is 0 Å². The van der Waals surface area contributed by atoms with Crippen LogP contribution in [0.1, 0.15) is 78.1 Å². The first-order chi connectivity index (χ1) is 11.5. The molecule has 0 aliphatic heterocycles. The summed E-state index contributed by atoms with van der Waals surface area (Å²) in [4.78, 5) is 0. The Labute approximate surface area is 147 Å². The second-order valence-electron chi connectivity index (χ2n) is 9.64. The maximum Gasteiger partial charge on any atom is 0.0724 e. The van der Waals surface area contributed by atoms with Crippen LogP contribution in [-0.4, -0.2) is 22.9 Å². The van der Waals surface area contributed by atoms with E-state index >= 15 is 0 Å². The van der Waals surface area contributed by atoms with Gasteiger partial charge in [-0.25, -0.2) is 0 Å². The highest BCUT2D eigenvalue weighted by atomic mass is 16.3. The third-order valence-corrected chi connectivity index (χ3v) is 8.93. The van der Waals surface area contributed by atoms with E-state index in [9.17, 15) is 10.2 Å². The summed E-state index contributed by atoms with van der Waals surface area (Å²) in [5, 5.41) is 20.5. The van der Waals surface area contributed by atoms with Crippen molar-refractivity contribution in [2.45, 2.75) is 84.2 Å². The predicted octanol–water partition coefficient (Wildman–Crippen LogP) is 4.70. The van der Waals surface area contributed by atoms with Gasteiger partial charge in [-0.1, -0.05) is 38.3 Å². The summed E-state index contributed by atoms with van der Waals surface area (Å²) in [6, 6.07) is 0. The maximum atomic E-state index is 10.4. The zero-order valence-electron chi connectivity index (χ0n) is 15.6. The smallest absolute Gasteiger partial charge is 0.0724 e. The number of fused-ring (bicyclic) bond motifs is 5. The second-order valence-corrected chi connectivity index (χ2v) is 9.64. The van der Waals surface area contributed by atoms with Crippen molar-refractivity contribution >= 4 is 0 Å². The van der Waals surface area contributed by atoms with E-state index in [2.05, 4.69) is 19.9 Å². The van der Waals surface area contributed by atoms with Crippen LogP contribution in [0.25, 0.3) is 0 Å². The molecule has 7 unspecified atom stereocenters. The lowest BCUT2D eigenvalue weighted by Gasteiger charge is -2.59. The molecule has 136 valence electrons. The van der Waals surface area contributed by atoms with E-state index in [4.69, 9.17) is 0 Å². The van der Waals surface area contributed by atoms with Gasteiger partial charge in [-0.3, -0.25) is 0 Å². The highest BCUT2D eigenvalue weighted by Gasteiger charge is 2.59. The molecular formula is C22H36O2. The molecule has 0 heterocycles. The molecule has 0 bridgehead atoms. The summed E-state index contributed by atoms with van der Waals surface area (Å²) in [5.41, 5.74) is 1.96. The molecule has 0 spiro atoms. The number of aliphatic hydroxyl groups is 2. The van der Waals surface area contributed by atoms with Gasteiger partial charge in [0.1, 0.15) is 0 Å². The quantitative estimate of drug-likeness (QED) is 0.736. The second kappa shape index (κ2) is 6.13. The van der Waals surface area contributed by atoms with Crippen molar-refractivity contribution in [3.8, 4) is 0 Å². The molecule has 3 fully saturated rings. The molecule has 2 heteroatoms. The third kappa shape index (κ3) is 2.28. The largest absolute Gasteiger partial charge is 0.395 e. The van der Waals surface area contributed by atoms with Gasteiger partial charge in [-0.05, 0) is 80.5 Å². The fourth-order valence-corrected chi connectivity index (χ4v) is 7.73. The molecule has 3 saturated carbocycles. The molecule has 24 heavy (non-hydrogen) atoms. The van der Waals surface area contributed by atoms with Crippen molar-refractivity contribution in [2.24, 2.45) is 34.5 Å². The van der Waals surface area contributed by atoms with Crippen LogP contribution in [0.4, 0.5) is 0 Å². The van der Waals surface area contributed by atoms with Crippen LogP contribution in [0.2, 0.25) is 0 Å². The maximum absolute atomic E-state index is 10.4. The van der Waals surface area contributed by atoms with Crippen molar-refractivity contribution in [1.29, 1.82) is 0 Å². The lowest BCUT2D eigenvalue weighted by molar-refractivity contribution is -0.0794. The van der Waals surface area contributed by atoms with Gasteiger partial charge in [0.15, 0.2) is 0 Å². The molecule has 2 nitrogen and oxygen atoms in total. The minimum absolute atomic E-state index is 0.00627. The SMILES string of the molecule is CCCC1CCC2C3CCC4=CC(O)CCC4(CO)C3CCC12C. The van der Waals surface area contributed by atoms with Gasteiger partial charge < -0.3 is 10.2 Å². The Morgan fingerprint density at radius 2 is 1.92 bits per heavy atom. The van der Waals surface area contributed by atoms with Crippen molar-refractivity contribution in [1.82, 2.24) is 0 Å². The number of rotatable bonds is 3. The number of aliphatic hydroxyl groups excluding tert-OH is 2. The van der Waals surface area contributed by atoms with Gasteiger partial charge in [0, 0.05) is 5.41 Å². The van der Waals surface area contributed by atoms with E-state index in [-0.39, 0.29) is 11.5 Å². The first-order valence-corrected chi connectivity index (χ1v) is 10.5. The minimum atomic E-state index is -0.273. The normalized spacial score (nSPS) is 50.7. The van der Waals surface area contributed by atoms with Crippen LogP contribution in [0.3, 0.4) is 0 Å². The molecule has 0 aromatic rings. The van der Waals surface area contributed by atoms with Crippen LogP contribution in [0.15, 0.2) is 11.6 Å². The number of hydrogen-bond acceptors (Lipinski definition) is 2. The van der Waals surface area contributed by atoms with Crippen LogP contribution in [0, 0.1) is 34.5 Å². The highest BCUT2D eigenvalue weighted by Crippen LogP contribution is 2.67. The fraction of sp³-hybridized carbons (Fsp3) is 0.909. The summed E-state index contributed by atoms with van der Waals surface area (Å²) in [7, 11) is 0. The number of hydrogen-bond donors (Lipinski definition) is 2. The Bertz CT molecular complexity index is 512. The Morgan fingerprint density at radius 1 is 1.08 bits per heavy atom. The summed E-state index contributed by atoms with van der Waals surface area (Å²) in [6.07, 6.45) is 14.3. The third-order valence-electron chi connectivity index (χ3n) is 8.93. The average molecular weight is 333 g/mol. The topological polar surface area (TPSA) is 40.5 Å². The lowest BCUT2D eigenvalue weighted by Crippen LogP contribution is -2.53. The molecule has 0 amide bonds. The molecule has 0 saturated heterocycles. The Hall–Kier alpha value is -0.340. The summed E-state index contributed by atoms with van der Waals surface area (Å²) < 4.78 is 0. The molecule has 0 radical (unpaired) electrons. The summed E-state index contributed by atoms with van der Waals surface area (Å²) in [6.45, 7) is 5.24. The first kappa shape index (κ1) is 17.1. The van der Waals surface area contributed by atoms with Crippen LogP contribution in [0.5, 0.6) is 0 Å². The molecule has 0 aromatic carbocycles. The highest BCUT2D eigenvalue weighted by molar-refractivity contribution is 5.26. The van der Waals surface area contributed by atoms with Gasteiger partial charge in [0.2, 0.25) is 0 Å². The Morgan fingerprint density at radius 3 is 2.67 bits per heavy atom. The zero-order chi connectivity index (χ0) is 16.9. The standard InChI is InChI=1S/C22H36O2/c1-3-4-15-6-8-19-18-7-5-16-13-17(24)9-12-22(16,14-23)20(18)10-11-21(15,19)2/h13,15,17-20,23-24H,3-12,14H2,1-2H3. The van der Waals surface area contributed by atoms with Gasteiger partial charge in [-0.2, -0.15) is 0 Å². The van der Waals surface area contributed by atoms with E-state index < -0.39 is 0 Å². The van der Waals surface area contributed by atoms with E-state index in [0.717, 1.165) is 37.0 Å². The molecule has 4 aliphatic rings. The van der Waals surface area contributed by atoms with Crippen molar-refractivity contribution in [2.75, 3.05) is 6.61 Å². The first-order valence-electron chi connectivity index (χ1n) is 10.5. The van der Waals surface area contributed by atoms with Crippen LogP contribution < -0.4 is 0 Å². The average Bonchev–Trinajstić information content (AvgIpc) is 2.91. The van der Waals surface area contributed by atoms with Gasteiger partial charge in [0.05, 0.1) is 12.7 Å². The zero-order valence-corrected chi connectivity index (χ0v) is 15.6.